The predicted octanol–water partition coefficient (Wildman–Crippen LogP) is 5.51. The molecule has 0 amide bonds. The first-order valence-electron chi connectivity index (χ1n) is 26.0. The van der Waals surface area contributed by atoms with E-state index in [0.717, 1.165) is 44.1 Å². The van der Waals surface area contributed by atoms with Gasteiger partial charge >= 0.3 is 5.97 Å². The molecule has 6 fully saturated rings. The van der Waals surface area contributed by atoms with E-state index in [0.29, 0.717) is 43.1 Å². The van der Waals surface area contributed by atoms with Crippen molar-refractivity contribution in [1.82, 2.24) is 10.3 Å². The second-order valence-electron chi connectivity index (χ2n) is 24.1. The molecule has 12 nitrogen and oxygen atoms in total. The Morgan fingerprint density at radius 2 is 1.78 bits per heavy atom. The van der Waals surface area contributed by atoms with Crippen LogP contribution in [0.3, 0.4) is 0 Å². The number of esters is 1. The van der Waals surface area contributed by atoms with E-state index in [2.05, 4.69) is 42.1 Å². The standard InChI is InChI=1S/C55H76N2O10/c1-28-11-12-31-13-14-36-29(2)19-44(62)53(5,65)50-34(9-6-8-32(20-38(36)37(31)18-28)39-27-67-51(64)45(39)35-15-17-56-25-35)23-55(66)47-46(33-10-7-16-54(50,55)22-33)52(4)24-43(61)42(60)21-40(52)49(63)48(47)57-41(26-58)30(3)59/h13,15,17,25,28-29,32-34,36-46,50,56-58,60-62,65-66H,7,9-12,14,16,18-24,26-27H2,1-5H3/t28-,29+,32+,33-,34+,36-,37+,38+,39+,40-,41-,42+,43-,44+,45-,46-,50+,52-,53-,54+,55+/m0/s1. The van der Waals surface area contributed by atoms with Gasteiger partial charge in [0.15, 0.2) is 11.6 Å². The Kier molecular flexibility index (Phi) is 12.2. The Morgan fingerprint density at radius 3 is 2.51 bits per heavy atom. The van der Waals surface area contributed by atoms with Crippen molar-refractivity contribution in [2.24, 2.45) is 81.8 Å². The van der Waals surface area contributed by atoms with Crippen LogP contribution in [0.2, 0.25) is 0 Å². The molecule has 10 rings (SSSR count). The molecule has 1 saturated heterocycles. The number of ether oxygens (including phenoxy) is 1. The molecule has 2 bridgehead atoms. The molecule has 0 aromatic carbocycles. The highest BCUT2D eigenvalue weighted by atomic mass is 16.5. The zero-order valence-electron chi connectivity index (χ0n) is 40.3. The number of hydrogen-bond acceptors (Lipinski definition) is 11. The number of allylic oxidation sites excluding steroid dienone is 3. The molecule has 1 aromatic heterocycles. The molecule has 0 radical (unpaired) electrons. The van der Waals surface area contributed by atoms with Crippen molar-refractivity contribution in [3.63, 3.8) is 0 Å². The lowest BCUT2D eigenvalue weighted by Crippen LogP contribution is -2.68. The van der Waals surface area contributed by atoms with Crippen LogP contribution in [0.4, 0.5) is 0 Å². The average Bonchev–Trinajstić information content (AvgIpc) is 4.00. The number of carbonyl (C=O) groups excluding carboxylic acids is 3. The van der Waals surface area contributed by atoms with Crippen LogP contribution < -0.4 is 5.32 Å². The molecule has 8 aliphatic carbocycles. The van der Waals surface area contributed by atoms with Crippen LogP contribution in [-0.2, 0) is 19.1 Å². The van der Waals surface area contributed by atoms with Gasteiger partial charge in [0.2, 0.25) is 0 Å². The Balaban J connectivity index is 1.13. The summed E-state index contributed by atoms with van der Waals surface area (Å²) in [6.07, 6.45) is 11.5. The topological polar surface area (TPSA) is 210 Å². The molecular formula is C55H76N2O10. The number of aromatic amines is 1. The van der Waals surface area contributed by atoms with E-state index in [1.54, 1.807) is 6.92 Å². The average molecular weight is 925 g/mol. The van der Waals surface area contributed by atoms with Gasteiger partial charge in [0, 0.05) is 47.9 Å². The third-order valence-electron chi connectivity index (χ3n) is 20.6. The van der Waals surface area contributed by atoms with Gasteiger partial charge in [-0.1, -0.05) is 44.8 Å². The van der Waals surface area contributed by atoms with Crippen molar-refractivity contribution in [2.45, 2.75) is 166 Å². The second-order valence-corrected chi connectivity index (χ2v) is 24.1. The first-order valence-corrected chi connectivity index (χ1v) is 26.0. The zero-order valence-corrected chi connectivity index (χ0v) is 40.3. The molecule has 9 aliphatic rings. The molecule has 2 heterocycles. The summed E-state index contributed by atoms with van der Waals surface area (Å²) < 4.78 is 5.90. The van der Waals surface area contributed by atoms with E-state index in [9.17, 15) is 40.2 Å². The van der Waals surface area contributed by atoms with Gasteiger partial charge in [-0.2, -0.15) is 0 Å². The monoisotopic (exact) mass is 925 g/mol. The van der Waals surface area contributed by atoms with Crippen LogP contribution in [0, 0.1) is 93.7 Å². The minimum atomic E-state index is -1.69. The smallest absolute Gasteiger partial charge is 0.313 e. The highest BCUT2D eigenvalue weighted by Gasteiger charge is 2.76. The summed E-state index contributed by atoms with van der Waals surface area (Å²) >= 11 is 0. The molecule has 21 atom stereocenters. The molecular weight excluding hydrogens is 849 g/mol. The minimum absolute atomic E-state index is 0.0188. The number of Topliss-reactive ketones (excluding diaryl/α,β-unsaturated/α-hetero) is 2. The van der Waals surface area contributed by atoms with E-state index >= 15 is 4.79 Å². The lowest BCUT2D eigenvalue weighted by molar-refractivity contribution is -0.210. The van der Waals surface area contributed by atoms with Gasteiger partial charge < -0.3 is 45.7 Å². The third-order valence-corrected chi connectivity index (χ3v) is 20.6. The molecule has 1 aliphatic heterocycles. The van der Waals surface area contributed by atoms with Gasteiger partial charge in [-0.05, 0) is 161 Å². The largest absolute Gasteiger partial charge is 0.465 e. The Labute approximate surface area is 396 Å². The minimum Gasteiger partial charge on any atom is -0.465 e. The zero-order chi connectivity index (χ0) is 47.5. The van der Waals surface area contributed by atoms with Crippen molar-refractivity contribution >= 4 is 17.5 Å². The summed E-state index contributed by atoms with van der Waals surface area (Å²) in [7, 11) is 0. The number of aliphatic hydroxyl groups is 6. The Hall–Kier alpha value is -3.31. The molecule has 67 heavy (non-hydrogen) atoms. The SMILES string of the molecule is CC(=O)[C@H](CO)NC1=C2[C@H]([C@H]3CCC[C@@]4(C3)[C@@H]3[C@H](CC#C[C@@H]([C@H]5COC(=O)[C@H]5c5cc[nH]c5)C[C@@H]5[C@@H](CC=C6CC[C@H](C)C[C@H]65)[C@H](C)C[C@@H](O)[C@]3(C)O)C[C@@]24O)[C@@]2(C)C[C@H](O)[C@H](O)C[C@H]2C1=O. The number of H-pyrrole nitrogens is 1. The van der Waals surface area contributed by atoms with Gasteiger partial charge in [0.25, 0.3) is 0 Å². The summed E-state index contributed by atoms with van der Waals surface area (Å²) in [4.78, 5) is 45.0. The number of aliphatic hydroxyl groups excluding tert-OH is 4. The molecule has 12 heteroatoms. The number of nitrogens with one attached hydrogen (secondary N) is 2. The van der Waals surface area contributed by atoms with Crippen LogP contribution >= 0.6 is 0 Å². The van der Waals surface area contributed by atoms with Crippen LogP contribution in [0.5, 0.6) is 0 Å². The molecule has 1 aromatic rings. The molecule has 0 unspecified atom stereocenters. The normalized spacial score (nSPS) is 48.7. The van der Waals surface area contributed by atoms with E-state index in [1.165, 1.54) is 18.9 Å². The summed E-state index contributed by atoms with van der Waals surface area (Å²) in [5.41, 5.74) is -2.17. The van der Waals surface area contributed by atoms with E-state index in [-0.39, 0.29) is 84.6 Å². The number of fused-ring (bicyclic) bond motifs is 10. The number of carbonyl (C=O) groups is 3. The summed E-state index contributed by atoms with van der Waals surface area (Å²) in [5, 5.41) is 76.4. The first-order chi connectivity index (χ1) is 31.8. The van der Waals surface area contributed by atoms with Gasteiger partial charge in [-0.3, -0.25) is 14.4 Å². The highest BCUT2D eigenvalue weighted by Crippen LogP contribution is 2.75. The van der Waals surface area contributed by atoms with Crippen molar-refractivity contribution in [2.75, 3.05) is 13.2 Å². The molecule has 5 saturated carbocycles. The molecule has 366 valence electrons. The maximum absolute atomic E-state index is 15.2. The number of rotatable bonds is 6. The van der Waals surface area contributed by atoms with Crippen LogP contribution in [0.1, 0.15) is 136 Å². The number of cyclic esters (lactones) is 1. The quantitative estimate of drug-likeness (QED) is 0.101. The fraction of sp³-hybridized carbons (Fsp3) is 0.764. The summed E-state index contributed by atoms with van der Waals surface area (Å²) in [6, 6.07) is 0.842. The maximum Gasteiger partial charge on any atom is 0.313 e. The lowest BCUT2D eigenvalue weighted by atomic mass is 9.39. The summed E-state index contributed by atoms with van der Waals surface area (Å²) in [5.74, 6) is 4.87. The van der Waals surface area contributed by atoms with Gasteiger partial charge in [-0.25, -0.2) is 0 Å². The van der Waals surface area contributed by atoms with E-state index in [4.69, 9.17) is 4.74 Å². The van der Waals surface area contributed by atoms with Crippen LogP contribution in [0.15, 0.2) is 41.4 Å². The predicted molar refractivity (Wildman–Crippen MR) is 249 cm³/mol. The highest BCUT2D eigenvalue weighted by molar-refractivity contribution is 6.00. The van der Waals surface area contributed by atoms with Crippen molar-refractivity contribution in [3.8, 4) is 11.8 Å². The number of aromatic nitrogens is 1. The molecule has 1 spiro atoms. The fourth-order valence-electron chi connectivity index (χ4n) is 17.6. The van der Waals surface area contributed by atoms with Gasteiger partial charge in [0.1, 0.15) is 6.04 Å². The Morgan fingerprint density at radius 1 is 0.985 bits per heavy atom. The number of hydrogen-bond donors (Lipinski definition) is 8. The van der Waals surface area contributed by atoms with Crippen LogP contribution in [-0.4, -0.2) is 102 Å². The molecule has 8 N–H and O–H groups in total. The van der Waals surface area contributed by atoms with Gasteiger partial charge in [-0.15, -0.1) is 5.92 Å². The lowest BCUT2D eigenvalue weighted by Gasteiger charge is -2.66. The van der Waals surface area contributed by atoms with Crippen molar-refractivity contribution < 1.29 is 49.8 Å². The first kappa shape index (κ1) is 47.4. The van der Waals surface area contributed by atoms with Gasteiger partial charge in [0.05, 0.1) is 54.3 Å². The van der Waals surface area contributed by atoms with E-state index in [1.807, 2.05) is 25.4 Å². The Bertz CT molecular complexity index is 2240. The number of ketones is 2. The van der Waals surface area contributed by atoms with Crippen molar-refractivity contribution in [1.29, 1.82) is 0 Å². The third kappa shape index (κ3) is 7.31. The fourth-order valence-corrected chi connectivity index (χ4v) is 17.6. The second kappa shape index (κ2) is 17.2. The van der Waals surface area contributed by atoms with Crippen molar-refractivity contribution in [3.05, 3.63) is 46.9 Å². The van der Waals surface area contributed by atoms with E-state index < -0.39 is 82.6 Å². The summed E-state index contributed by atoms with van der Waals surface area (Å²) in [6.45, 7) is 9.43. The van der Waals surface area contributed by atoms with Crippen LogP contribution in [0.25, 0.3) is 0 Å². The maximum atomic E-state index is 15.2.